The first-order chi connectivity index (χ1) is 25.6. The number of carbonyl (C=O) groups is 1. The molecule has 8 nitrogen and oxygen atoms in total. The Labute approximate surface area is 322 Å². The van der Waals surface area contributed by atoms with Crippen molar-refractivity contribution in [3.05, 3.63) is 71.8 Å². The highest BCUT2D eigenvalue weighted by molar-refractivity contribution is 6.74. The van der Waals surface area contributed by atoms with Crippen LogP contribution in [0, 0.1) is 5.92 Å². The summed E-state index contributed by atoms with van der Waals surface area (Å²) < 4.78 is 48.1. The molecule has 0 unspecified atom stereocenters. The van der Waals surface area contributed by atoms with Crippen LogP contribution in [0.2, 0.25) is 36.3 Å². The van der Waals surface area contributed by atoms with Gasteiger partial charge in [-0.1, -0.05) is 109 Å². The van der Waals surface area contributed by atoms with E-state index in [0.717, 1.165) is 53.8 Å². The summed E-state index contributed by atoms with van der Waals surface area (Å²) >= 11 is 0. The minimum Gasteiger partial charge on any atom is -0.411 e. The van der Waals surface area contributed by atoms with Gasteiger partial charge in [-0.15, -0.1) is 0 Å². The summed E-state index contributed by atoms with van der Waals surface area (Å²) in [5.74, 6) is 0.180. The predicted molar refractivity (Wildman–Crippen MR) is 215 cm³/mol. The topological polar surface area (TPSA) is 81.7 Å². The molecule has 10 heteroatoms. The van der Waals surface area contributed by atoms with Gasteiger partial charge in [0.15, 0.2) is 28.7 Å². The Morgan fingerprint density at radius 2 is 1.36 bits per heavy atom. The number of carbonyl (C=O) groups excluding carboxylic acids is 1. The monoisotopic (exact) mass is 768 g/mol. The van der Waals surface area contributed by atoms with E-state index in [4.69, 9.17) is 32.5 Å². The zero-order valence-electron chi connectivity index (χ0n) is 33.9. The molecule has 53 heavy (non-hydrogen) atoms. The number of hydrogen-bond donors (Lipinski definition) is 0. The smallest absolute Gasteiger partial charge is 0.192 e. The Kier molecular flexibility index (Phi) is 15.5. The average molecular weight is 769 g/mol. The standard InChI is InChI=1S/C43H68O8Si2/c1-9-52(10-2,11-3)50-40-32(7)36(27-28-45-30-33-21-17-15-18-22-33)47-38(41(40)51-53(12-4,13-5)14-6)29-37-35(44)25-26-39-43(8,49-37)31-46-42(48-39)34-23-19-16-20-24-34/h15-24,32,36-42H,9-14,25-31H2,1-8H3/t32-,36+,37+,38-,39+,40+,41-,42-,43-/m1/s1. The summed E-state index contributed by atoms with van der Waals surface area (Å²) in [6, 6.07) is 26.5. The Morgan fingerprint density at radius 1 is 0.774 bits per heavy atom. The van der Waals surface area contributed by atoms with Crippen molar-refractivity contribution in [2.24, 2.45) is 5.92 Å². The third kappa shape index (κ3) is 10.2. The fourth-order valence-corrected chi connectivity index (χ4v) is 14.5. The van der Waals surface area contributed by atoms with E-state index in [-0.39, 0.29) is 42.2 Å². The molecule has 0 radical (unpaired) electrons. The second-order valence-corrected chi connectivity index (χ2v) is 25.3. The van der Waals surface area contributed by atoms with Gasteiger partial charge in [-0.2, -0.15) is 0 Å². The highest BCUT2D eigenvalue weighted by atomic mass is 28.4. The third-order valence-electron chi connectivity index (χ3n) is 12.9. The molecular formula is C43H68O8Si2. The fraction of sp³-hybridized carbons (Fsp3) is 0.698. The van der Waals surface area contributed by atoms with Crippen LogP contribution in [0.3, 0.4) is 0 Å². The number of rotatable bonds is 18. The van der Waals surface area contributed by atoms with Gasteiger partial charge in [0.05, 0.1) is 43.7 Å². The average Bonchev–Trinajstić information content (AvgIpc) is 3.32. The van der Waals surface area contributed by atoms with E-state index in [2.05, 4.69) is 60.6 Å². The van der Waals surface area contributed by atoms with Crippen LogP contribution >= 0.6 is 0 Å². The van der Waals surface area contributed by atoms with Crippen molar-refractivity contribution in [1.29, 1.82) is 0 Å². The summed E-state index contributed by atoms with van der Waals surface area (Å²) in [6.45, 7) is 19.5. The van der Waals surface area contributed by atoms with Gasteiger partial charge in [0.25, 0.3) is 0 Å². The minimum atomic E-state index is -2.13. The molecular weight excluding hydrogens is 701 g/mol. The predicted octanol–water partition coefficient (Wildman–Crippen LogP) is 9.79. The lowest BCUT2D eigenvalue weighted by atomic mass is 9.84. The maximum Gasteiger partial charge on any atom is 0.192 e. The molecule has 0 saturated carbocycles. The molecule has 3 fully saturated rings. The Bertz CT molecular complexity index is 1370. The Morgan fingerprint density at radius 3 is 1.96 bits per heavy atom. The first-order valence-corrected chi connectivity index (χ1v) is 25.8. The van der Waals surface area contributed by atoms with E-state index in [1.54, 1.807) is 0 Å². The molecule has 3 saturated heterocycles. The van der Waals surface area contributed by atoms with Crippen LogP contribution in [0.5, 0.6) is 0 Å². The highest BCUT2D eigenvalue weighted by Crippen LogP contribution is 2.43. The van der Waals surface area contributed by atoms with Crippen molar-refractivity contribution in [2.75, 3.05) is 13.2 Å². The van der Waals surface area contributed by atoms with E-state index < -0.39 is 34.6 Å². The molecule has 0 N–H and O–H groups in total. The van der Waals surface area contributed by atoms with Crippen molar-refractivity contribution >= 4 is 22.4 Å². The molecule has 3 heterocycles. The van der Waals surface area contributed by atoms with Crippen molar-refractivity contribution in [1.82, 2.24) is 0 Å². The molecule has 3 aliphatic rings. The third-order valence-corrected chi connectivity index (χ3v) is 22.1. The fourth-order valence-electron chi connectivity index (χ4n) is 8.68. The molecule has 2 aromatic rings. The zero-order valence-corrected chi connectivity index (χ0v) is 35.9. The van der Waals surface area contributed by atoms with Crippen LogP contribution in [0.25, 0.3) is 0 Å². The summed E-state index contributed by atoms with van der Waals surface area (Å²) in [6.07, 6.45) is -0.246. The summed E-state index contributed by atoms with van der Waals surface area (Å²) in [5, 5.41) is 0. The molecule has 2 aromatic carbocycles. The normalized spacial score (nSPS) is 31.2. The summed E-state index contributed by atoms with van der Waals surface area (Å²) in [7, 11) is -4.19. The quantitative estimate of drug-likeness (QED) is 0.110. The lowest BCUT2D eigenvalue weighted by molar-refractivity contribution is -0.305. The molecule has 0 amide bonds. The van der Waals surface area contributed by atoms with Crippen molar-refractivity contribution in [2.45, 2.75) is 172 Å². The van der Waals surface area contributed by atoms with Gasteiger partial charge in [-0.3, -0.25) is 4.79 Å². The molecule has 3 aliphatic heterocycles. The Balaban J connectivity index is 1.43. The number of hydrogen-bond acceptors (Lipinski definition) is 8. The van der Waals surface area contributed by atoms with E-state index in [1.807, 2.05) is 55.5 Å². The van der Waals surface area contributed by atoms with Gasteiger partial charge >= 0.3 is 0 Å². The van der Waals surface area contributed by atoms with E-state index in [1.165, 1.54) is 0 Å². The Hall–Kier alpha value is -1.74. The van der Waals surface area contributed by atoms with Crippen LogP contribution < -0.4 is 0 Å². The summed E-state index contributed by atoms with van der Waals surface area (Å²) in [5.41, 5.74) is 1.35. The molecule has 5 rings (SSSR count). The minimum absolute atomic E-state index is 0.0889. The van der Waals surface area contributed by atoms with E-state index in [0.29, 0.717) is 39.1 Å². The first kappa shape index (κ1) is 42.4. The number of fused-ring (bicyclic) bond motifs is 1. The van der Waals surface area contributed by atoms with Crippen LogP contribution in [0.1, 0.15) is 98.5 Å². The number of ether oxygens (including phenoxy) is 5. The first-order valence-electron chi connectivity index (χ1n) is 20.7. The van der Waals surface area contributed by atoms with Crippen LogP contribution in [0.4, 0.5) is 0 Å². The van der Waals surface area contributed by atoms with Gasteiger partial charge < -0.3 is 32.5 Å². The second-order valence-electron chi connectivity index (χ2n) is 15.9. The number of benzene rings is 2. The zero-order chi connectivity index (χ0) is 38.1. The maximum absolute atomic E-state index is 14.1. The van der Waals surface area contributed by atoms with Gasteiger partial charge in [0.1, 0.15) is 11.7 Å². The molecule has 0 aromatic heterocycles. The second kappa shape index (κ2) is 19.4. The molecule has 296 valence electrons. The highest BCUT2D eigenvalue weighted by Gasteiger charge is 2.53. The van der Waals surface area contributed by atoms with Crippen molar-refractivity contribution < 1.29 is 37.3 Å². The van der Waals surface area contributed by atoms with E-state index >= 15 is 0 Å². The van der Waals surface area contributed by atoms with Crippen LogP contribution in [-0.2, 0) is 43.9 Å². The summed E-state index contributed by atoms with van der Waals surface area (Å²) in [4.78, 5) is 14.1. The maximum atomic E-state index is 14.1. The molecule has 9 atom stereocenters. The van der Waals surface area contributed by atoms with Gasteiger partial charge in [-0.05, 0) is 61.6 Å². The van der Waals surface area contributed by atoms with Gasteiger partial charge in [-0.25, -0.2) is 0 Å². The largest absolute Gasteiger partial charge is 0.411 e. The molecule has 0 bridgehead atoms. The lowest BCUT2D eigenvalue weighted by Crippen LogP contribution is -2.62. The van der Waals surface area contributed by atoms with Gasteiger partial charge in [0.2, 0.25) is 0 Å². The van der Waals surface area contributed by atoms with Crippen molar-refractivity contribution in [3.63, 3.8) is 0 Å². The lowest BCUT2D eigenvalue weighted by Gasteiger charge is -2.52. The van der Waals surface area contributed by atoms with Crippen LogP contribution in [0.15, 0.2) is 60.7 Å². The SMILES string of the molecule is CC[Si](CC)(CC)O[C@H]1[C@H](C)[C@H](CCOCc2ccccc2)O[C@H](C[C@@H]2O[C@]3(C)CO[C@@H](c4ccccc4)O[C@H]3CCC2=O)[C@H]1O[Si](CC)(CC)CC. The molecule has 0 aliphatic carbocycles. The van der Waals surface area contributed by atoms with Crippen molar-refractivity contribution in [3.8, 4) is 0 Å². The van der Waals surface area contributed by atoms with E-state index in [9.17, 15) is 4.79 Å². The molecule has 0 spiro atoms. The number of Topliss-reactive ketones (excluding diaryl/α,β-unsaturated/α-hetero) is 1. The number of ketones is 1. The van der Waals surface area contributed by atoms with Gasteiger partial charge in [0, 0.05) is 30.9 Å². The van der Waals surface area contributed by atoms with Crippen LogP contribution in [-0.4, -0.2) is 77.9 Å².